The zero-order valence-electron chi connectivity index (χ0n) is 13.3. The summed E-state index contributed by atoms with van der Waals surface area (Å²) in [6.07, 6.45) is 1.44. The van der Waals surface area contributed by atoms with Crippen LogP contribution in [0.5, 0.6) is 0 Å². The number of hydrogen-bond donors (Lipinski definition) is 3. The molecule has 0 aliphatic carbocycles. The van der Waals surface area contributed by atoms with Gasteiger partial charge in [0.15, 0.2) is 0 Å². The number of ether oxygens (including phenoxy) is 1. The average Bonchev–Trinajstić information content (AvgIpc) is 2.91. The molecular weight excluding hydrogens is 290 g/mol. The maximum absolute atomic E-state index is 12.3. The molecule has 0 radical (unpaired) electrons. The minimum absolute atomic E-state index is 0.0229. The minimum atomic E-state index is -1.11. The summed E-state index contributed by atoms with van der Waals surface area (Å²) in [5, 5.41) is 14.4. The summed E-state index contributed by atoms with van der Waals surface area (Å²) in [5.74, 6) is -1.54. The van der Waals surface area contributed by atoms with Gasteiger partial charge in [-0.05, 0) is 26.7 Å². The molecule has 1 heterocycles. The Balaban J connectivity index is 2.65. The molecule has 8 heteroatoms. The highest BCUT2D eigenvalue weighted by atomic mass is 16.5. The van der Waals surface area contributed by atoms with Crippen molar-refractivity contribution >= 4 is 17.9 Å². The number of rotatable bonds is 7. The Morgan fingerprint density at radius 3 is 2.55 bits per heavy atom. The smallest absolute Gasteiger partial charge is 0.326 e. The van der Waals surface area contributed by atoms with Gasteiger partial charge in [0.25, 0.3) is 0 Å². The van der Waals surface area contributed by atoms with E-state index in [1.54, 1.807) is 0 Å². The number of carboxylic acid groups (broad SMARTS) is 1. The van der Waals surface area contributed by atoms with Crippen molar-refractivity contribution in [2.45, 2.75) is 51.2 Å². The van der Waals surface area contributed by atoms with E-state index in [1.807, 2.05) is 13.8 Å². The third kappa shape index (κ3) is 5.18. The van der Waals surface area contributed by atoms with Crippen LogP contribution >= 0.6 is 0 Å². The Morgan fingerprint density at radius 1 is 1.32 bits per heavy atom. The van der Waals surface area contributed by atoms with Crippen molar-refractivity contribution in [3.8, 4) is 0 Å². The largest absolute Gasteiger partial charge is 0.480 e. The fourth-order valence-electron chi connectivity index (χ4n) is 2.37. The Morgan fingerprint density at radius 2 is 2.00 bits per heavy atom. The Hall–Kier alpha value is -1.83. The van der Waals surface area contributed by atoms with E-state index in [9.17, 15) is 14.4 Å². The molecule has 3 N–H and O–H groups in total. The van der Waals surface area contributed by atoms with Crippen LogP contribution in [0.25, 0.3) is 0 Å². The maximum Gasteiger partial charge on any atom is 0.326 e. The van der Waals surface area contributed by atoms with E-state index in [4.69, 9.17) is 9.84 Å². The number of methoxy groups -OCH3 is 1. The van der Waals surface area contributed by atoms with E-state index < -0.39 is 24.0 Å². The molecule has 1 aliphatic rings. The lowest BCUT2D eigenvalue weighted by Crippen LogP contribution is -2.53. The molecule has 126 valence electrons. The van der Waals surface area contributed by atoms with E-state index in [2.05, 4.69) is 10.6 Å². The predicted octanol–water partition coefficient (Wildman–Crippen LogP) is 0.175. The molecule has 1 saturated heterocycles. The summed E-state index contributed by atoms with van der Waals surface area (Å²) >= 11 is 0. The van der Waals surface area contributed by atoms with Crippen LogP contribution in [0, 0.1) is 0 Å². The summed E-state index contributed by atoms with van der Waals surface area (Å²) in [7, 11) is 1.47. The molecule has 22 heavy (non-hydrogen) atoms. The van der Waals surface area contributed by atoms with E-state index >= 15 is 0 Å². The molecule has 0 aromatic heterocycles. The fourth-order valence-corrected chi connectivity index (χ4v) is 2.37. The summed E-state index contributed by atoms with van der Waals surface area (Å²) < 4.78 is 4.84. The van der Waals surface area contributed by atoms with Crippen molar-refractivity contribution in [2.24, 2.45) is 0 Å². The van der Waals surface area contributed by atoms with Crippen LogP contribution in [0.1, 0.15) is 33.1 Å². The maximum atomic E-state index is 12.3. The standard InChI is InChI=1S/C14H25N3O5/c1-9(2)15-14(21)17-7-4-5-11(17)12(18)16-10(13(19)20)6-8-22-3/h9-11H,4-8H2,1-3H3,(H,15,21)(H,16,18)(H,19,20)/t10?,11-/m0/s1. The van der Waals surface area contributed by atoms with Crippen LogP contribution in [-0.2, 0) is 14.3 Å². The van der Waals surface area contributed by atoms with Crippen LogP contribution in [0.4, 0.5) is 4.79 Å². The van der Waals surface area contributed by atoms with Crippen LogP contribution in [-0.4, -0.2) is 66.3 Å². The number of nitrogens with one attached hydrogen (secondary N) is 2. The molecule has 0 saturated carbocycles. The molecule has 2 atom stereocenters. The van der Waals surface area contributed by atoms with Crippen LogP contribution < -0.4 is 10.6 Å². The first kappa shape index (κ1) is 18.2. The fraction of sp³-hybridized carbons (Fsp3) is 0.786. The normalized spacial score (nSPS) is 19.1. The van der Waals surface area contributed by atoms with Crippen LogP contribution in [0.15, 0.2) is 0 Å². The molecule has 8 nitrogen and oxygen atoms in total. The Bertz CT molecular complexity index is 413. The zero-order chi connectivity index (χ0) is 16.7. The molecular formula is C14H25N3O5. The highest BCUT2D eigenvalue weighted by molar-refractivity contribution is 5.90. The van der Waals surface area contributed by atoms with Crippen LogP contribution in [0.2, 0.25) is 0 Å². The number of nitrogens with zero attached hydrogens (tertiary/aromatic N) is 1. The second kappa shape index (κ2) is 8.57. The SMILES string of the molecule is COCCC(NC(=O)[C@@H]1CCCN1C(=O)NC(C)C)C(=O)O. The van der Waals surface area contributed by atoms with Crippen molar-refractivity contribution in [3.63, 3.8) is 0 Å². The van der Waals surface area contributed by atoms with Gasteiger partial charge in [0.2, 0.25) is 5.91 Å². The Labute approximate surface area is 130 Å². The lowest BCUT2D eigenvalue weighted by molar-refractivity contribution is -0.142. The average molecular weight is 315 g/mol. The van der Waals surface area contributed by atoms with E-state index in [0.29, 0.717) is 13.0 Å². The van der Waals surface area contributed by atoms with E-state index in [1.165, 1.54) is 12.0 Å². The first-order chi connectivity index (χ1) is 10.4. The molecule has 1 aliphatic heterocycles. The topological polar surface area (TPSA) is 108 Å². The van der Waals surface area contributed by atoms with Gasteiger partial charge in [-0.15, -0.1) is 0 Å². The van der Waals surface area contributed by atoms with Crippen molar-refractivity contribution < 1.29 is 24.2 Å². The summed E-state index contributed by atoms with van der Waals surface area (Å²) in [6, 6.07) is -1.95. The molecule has 0 bridgehead atoms. The molecule has 3 amide bonds. The summed E-state index contributed by atoms with van der Waals surface area (Å²) in [6.45, 7) is 4.41. The third-order valence-electron chi connectivity index (χ3n) is 3.45. The van der Waals surface area contributed by atoms with Gasteiger partial charge in [0.1, 0.15) is 12.1 Å². The van der Waals surface area contributed by atoms with E-state index in [-0.39, 0.29) is 25.1 Å². The molecule has 1 fully saturated rings. The van der Waals surface area contributed by atoms with Gasteiger partial charge in [-0.25, -0.2) is 9.59 Å². The molecule has 0 aromatic carbocycles. The number of carboxylic acids is 1. The van der Waals surface area contributed by atoms with Gasteiger partial charge in [0, 0.05) is 32.7 Å². The number of carbonyl (C=O) groups excluding carboxylic acids is 2. The summed E-state index contributed by atoms with van der Waals surface area (Å²) in [4.78, 5) is 37.0. The van der Waals surface area contributed by atoms with Gasteiger partial charge in [-0.3, -0.25) is 4.79 Å². The second-order valence-electron chi connectivity index (χ2n) is 5.64. The minimum Gasteiger partial charge on any atom is -0.480 e. The molecule has 0 aromatic rings. The zero-order valence-corrected chi connectivity index (χ0v) is 13.3. The highest BCUT2D eigenvalue weighted by Gasteiger charge is 2.35. The van der Waals surface area contributed by atoms with Crippen molar-refractivity contribution in [1.29, 1.82) is 0 Å². The number of likely N-dealkylation sites (tertiary alicyclic amines) is 1. The third-order valence-corrected chi connectivity index (χ3v) is 3.45. The van der Waals surface area contributed by atoms with Crippen molar-refractivity contribution in [1.82, 2.24) is 15.5 Å². The number of aliphatic carboxylic acids is 1. The van der Waals surface area contributed by atoms with Gasteiger partial charge < -0.3 is 25.4 Å². The highest BCUT2D eigenvalue weighted by Crippen LogP contribution is 2.18. The van der Waals surface area contributed by atoms with Crippen molar-refractivity contribution in [3.05, 3.63) is 0 Å². The number of carbonyl (C=O) groups is 3. The number of urea groups is 1. The lowest BCUT2D eigenvalue weighted by atomic mass is 10.1. The Kier molecular flexibility index (Phi) is 7.10. The number of hydrogen-bond acceptors (Lipinski definition) is 4. The quantitative estimate of drug-likeness (QED) is 0.621. The predicted molar refractivity (Wildman–Crippen MR) is 79.5 cm³/mol. The second-order valence-corrected chi connectivity index (χ2v) is 5.64. The summed E-state index contributed by atoms with van der Waals surface area (Å²) in [5.41, 5.74) is 0. The first-order valence-corrected chi connectivity index (χ1v) is 7.46. The van der Waals surface area contributed by atoms with Crippen molar-refractivity contribution in [2.75, 3.05) is 20.3 Å². The first-order valence-electron chi connectivity index (χ1n) is 7.46. The molecule has 0 spiro atoms. The van der Waals surface area contributed by atoms with Crippen LogP contribution in [0.3, 0.4) is 0 Å². The number of amides is 3. The van der Waals surface area contributed by atoms with Gasteiger partial charge >= 0.3 is 12.0 Å². The van der Waals surface area contributed by atoms with Gasteiger partial charge in [-0.1, -0.05) is 0 Å². The molecule has 1 rings (SSSR count). The lowest BCUT2D eigenvalue weighted by Gasteiger charge is -2.26. The molecule has 1 unspecified atom stereocenters. The van der Waals surface area contributed by atoms with Gasteiger partial charge in [0.05, 0.1) is 0 Å². The van der Waals surface area contributed by atoms with E-state index in [0.717, 1.165) is 6.42 Å². The monoisotopic (exact) mass is 315 g/mol. The van der Waals surface area contributed by atoms with Gasteiger partial charge in [-0.2, -0.15) is 0 Å².